The van der Waals surface area contributed by atoms with Crippen LogP contribution in [0.15, 0.2) is 60.2 Å². The van der Waals surface area contributed by atoms with Crippen LogP contribution in [0.5, 0.6) is 0 Å². The van der Waals surface area contributed by atoms with E-state index in [-0.39, 0.29) is 12.5 Å². The van der Waals surface area contributed by atoms with E-state index in [2.05, 4.69) is 10.6 Å². The Kier molecular flexibility index (Phi) is 4.83. The van der Waals surface area contributed by atoms with E-state index in [0.29, 0.717) is 15.8 Å². The zero-order chi connectivity index (χ0) is 17.1. The highest BCUT2D eigenvalue weighted by Gasteiger charge is 2.28. The molecule has 24 heavy (non-hydrogen) atoms. The van der Waals surface area contributed by atoms with Gasteiger partial charge in [0.05, 0.1) is 12.5 Å². The smallest absolute Gasteiger partial charge is 0.307 e. The molecule has 0 saturated carbocycles. The van der Waals surface area contributed by atoms with E-state index in [1.54, 1.807) is 12.1 Å². The SMILES string of the molecule is O=C(O)CC1=C(c2ccc(Cl)cc2)NC(=S)NC1c1ccccc1. The largest absolute Gasteiger partial charge is 0.481 e. The maximum absolute atomic E-state index is 11.4. The zero-order valence-electron chi connectivity index (χ0n) is 12.6. The average molecular weight is 359 g/mol. The van der Waals surface area contributed by atoms with Gasteiger partial charge in [0.1, 0.15) is 0 Å². The minimum atomic E-state index is -0.895. The number of nitrogens with one attached hydrogen (secondary N) is 2. The third kappa shape index (κ3) is 3.58. The summed E-state index contributed by atoms with van der Waals surface area (Å²) >= 11 is 11.3. The molecule has 122 valence electrons. The molecule has 0 spiro atoms. The minimum Gasteiger partial charge on any atom is -0.481 e. The van der Waals surface area contributed by atoms with Crippen LogP contribution >= 0.6 is 23.8 Å². The van der Waals surface area contributed by atoms with Gasteiger partial charge in [0.2, 0.25) is 0 Å². The van der Waals surface area contributed by atoms with Crippen molar-refractivity contribution in [2.75, 3.05) is 0 Å². The lowest BCUT2D eigenvalue weighted by atomic mass is 9.91. The maximum atomic E-state index is 11.4. The van der Waals surface area contributed by atoms with Gasteiger partial charge in [0.25, 0.3) is 0 Å². The number of aliphatic carboxylic acids is 1. The van der Waals surface area contributed by atoms with Gasteiger partial charge in [-0.2, -0.15) is 0 Å². The molecule has 1 unspecified atom stereocenters. The predicted molar refractivity (Wildman–Crippen MR) is 98.7 cm³/mol. The molecule has 1 atom stereocenters. The topological polar surface area (TPSA) is 61.4 Å². The first-order valence-electron chi connectivity index (χ1n) is 7.38. The van der Waals surface area contributed by atoms with Crippen molar-refractivity contribution >= 4 is 40.6 Å². The van der Waals surface area contributed by atoms with Crippen LogP contribution in [0.3, 0.4) is 0 Å². The van der Waals surface area contributed by atoms with Gasteiger partial charge in [0.15, 0.2) is 5.11 Å². The fraction of sp³-hybridized carbons (Fsp3) is 0.111. The van der Waals surface area contributed by atoms with Crippen molar-refractivity contribution in [3.63, 3.8) is 0 Å². The number of carboxylic acid groups (broad SMARTS) is 1. The molecule has 0 saturated heterocycles. The van der Waals surface area contributed by atoms with Gasteiger partial charge in [-0.05, 0) is 41.1 Å². The molecule has 1 heterocycles. The lowest BCUT2D eigenvalue weighted by Crippen LogP contribution is -2.43. The Hall–Kier alpha value is -2.37. The van der Waals surface area contributed by atoms with Crippen molar-refractivity contribution in [2.24, 2.45) is 0 Å². The highest BCUT2D eigenvalue weighted by Crippen LogP contribution is 2.33. The second-order valence-electron chi connectivity index (χ2n) is 5.42. The molecule has 1 aliphatic rings. The van der Waals surface area contributed by atoms with Gasteiger partial charge in [0, 0.05) is 10.7 Å². The second kappa shape index (κ2) is 7.03. The van der Waals surface area contributed by atoms with Crippen LogP contribution in [-0.2, 0) is 4.79 Å². The van der Waals surface area contributed by atoms with Gasteiger partial charge in [-0.25, -0.2) is 0 Å². The normalized spacial score (nSPS) is 17.2. The van der Waals surface area contributed by atoms with E-state index in [4.69, 9.17) is 23.8 Å². The summed E-state index contributed by atoms with van der Waals surface area (Å²) in [6.07, 6.45) is -0.0971. The summed E-state index contributed by atoms with van der Waals surface area (Å²) in [4.78, 5) is 11.4. The summed E-state index contributed by atoms with van der Waals surface area (Å²) in [6, 6.07) is 16.6. The summed E-state index contributed by atoms with van der Waals surface area (Å²) in [5.74, 6) is -0.895. The van der Waals surface area contributed by atoms with Gasteiger partial charge in [-0.1, -0.05) is 54.1 Å². The third-order valence-corrected chi connectivity index (χ3v) is 4.26. The third-order valence-electron chi connectivity index (χ3n) is 3.79. The summed E-state index contributed by atoms with van der Waals surface area (Å²) in [5.41, 5.74) is 3.25. The van der Waals surface area contributed by atoms with Crippen molar-refractivity contribution in [1.82, 2.24) is 10.6 Å². The zero-order valence-corrected chi connectivity index (χ0v) is 14.2. The summed E-state index contributed by atoms with van der Waals surface area (Å²) in [5, 5.41) is 16.7. The molecule has 0 amide bonds. The minimum absolute atomic E-state index is 0.0971. The lowest BCUT2D eigenvalue weighted by Gasteiger charge is -2.32. The number of thiocarbonyl (C=S) groups is 1. The van der Waals surface area contributed by atoms with Gasteiger partial charge < -0.3 is 15.7 Å². The number of halogens is 1. The van der Waals surface area contributed by atoms with Crippen molar-refractivity contribution in [3.05, 3.63) is 76.3 Å². The molecular weight excluding hydrogens is 344 g/mol. The molecule has 2 aromatic carbocycles. The summed E-state index contributed by atoms with van der Waals surface area (Å²) in [7, 11) is 0. The Morgan fingerprint density at radius 3 is 2.42 bits per heavy atom. The van der Waals surface area contributed by atoms with E-state index in [1.807, 2.05) is 42.5 Å². The Balaban J connectivity index is 2.14. The van der Waals surface area contributed by atoms with E-state index in [0.717, 1.165) is 16.7 Å². The summed E-state index contributed by atoms with van der Waals surface area (Å²) < 4.78 is 0. The number of hydrogen-bond acceptors (Lipinski definition) is 2. The van der Waals surface area contributed by atoms with Crippen molar-refractivity contribution in [2.45, 2.75) is 12.5 Å². The molecule has 0 aromatic heterocycles. The monoisotopic (exact) mass is 358 g/mol. The fourth-order valence-corrected chi connectivity index (χ4v) is 3.10. The Bertz CT molecular complexity index is 804. The molecule has 0 fully saturated rings. The van der Waals surface area contributed by atoms with Crippen LogP contribution in [0, 0.1) is 0 Å². The quantitative estimate of drug-likeness (QED) is 0.727. The van der Waals surface area contributed by atoms with Crippen molar-refractivity contribution in [1.29, 1.82) is 0 Å². The molecule has 0 aliphatic carbocycles. The van der Waals surface area contributed by atoms with Crippen LogP contribution in [0.1, 0.15) is 23.6 Å². The predicted octanol–water partition coefficient (Wildman–Crippen LogP) is 3.74. The van der Waals surface area contributed by atoms with Crippen LogP contribution in [0.25, 0.3) is 5.70 Å². The average Bonchev–Trinajstić information content (AvgIpc) is 2.57. The van der Waals surface area contributed by atoms with Crippen LogP contribution in [0.4, 0.5) is 0 Å². The van der Waals surface area contributed by atoms with Gasteiger partial charge in [-0.15, -0.1) is 0 Å². The number of benzene rings is 2. The first-order chi connectivity index (χ1) is 11.5. The molecule has 3 N–H and O–H groups in total. The van der Waals surface area contributed by atoms with E-state index in [1.165, 1.54) is 0 Å². The molecule has 0 radical (unpaired) electrons. The van der Waals surface area contributed by atoms with Crippen molar-refractivity contribution < 1.29 is 9.90 Å². The molecule has 3 rings (SSSR count). The first-order valence-corrected chi connectivity index (χ1v) is 8.16. The number of hydrogen-bond donors (Lipinski definition) is 3. The Morgan fingerprint density at radius 1 is 1.12 bits per heavy atom. The molecular formula is C18H15ClN2O2S. The van der Waals surface area contributed by atoms with Crippen molar-refractivity contribution in [3.8, 4) is 0 Å². The second-order valence-corrected chi connectivity index (χ2v) is 6.26. The van der Waals surface area contributed by atoms with E-state index in [9.17, 15) is 9.90 Å². The van der Waals surface area contributed by atoms with Crippen LogP contribution in [0.2, 0.25) is 5.02 Å². The number of carboxylic acids is 1. The number of rotatable bonds is 4. The summed E-state index contributed by atoms with van der Waals surface area (Å²) in [6.45, 7) is 0. The molecule has 2 aromatic rings. The highest BCUT2D eigenvalue weighted by molar-refractivity contribution is 7.80. The molecule has 6 heteroatoms. The van der Waals surface area contributed by atoms with Gasteiger partial charge in [-0.3, -0.25) is 4.79 Å². The molecule has 4 nitrogen and oxygen atoms in total. The highest BCUT2D eigenvalue weighted by atomic mass is 35.5. The van der Waals surface area contributed by atoms with Gasteiger partial charge >= 0.3 is 5.97 Å². The first kappa shape index (κ1) is 16.5. The molecule has 1 aliphatic heterocycles. The van der Waals surface area contributed by atoms with E-state index >= 15 is 0 Å². The standard InChI is InChI=1S/C18H15ClN2O2S/c19-13-8-6-12(7-9-13)17-14(10-15(22)23)16(20-18(24)21-17)11-4-2-1-3-5-11/h1-9,16H,10H2,(H,22,23)(H2,20,21,24). The van der Waals surface area contributed by atoms with E-state index < -0.39 is 5.97 Å². The Morgan fingerprint density at radius 2 is 1.79 bits per heavy atom. The molecule has 0 bridgehead atoms. The van der Waals surface area contributed by atoms with Crippen LogP contribution in [-0.4, -0.2) is 16.2 Å². The lowest BCUT2D eigenvalue weighted by molar-refractivity contribution is -0.136. The maximum Gasteiger partial charge on any atom is 0.307 e. The fourth-order valence-electron chi connectivity index (χ4n) is 2.75. The Labute approximate surface area is 150 Å². The van der Waals surface area contributed by atoms with Crippen LogP contribution < -0.4 is 10.6 Å². The number of carbonyl (C=O) groups is 1.